The van der Waals surface area contributed by atoms with Crippen molar-refractivity contribution >= 4 is 21.8 Å². The molecule has 1 aromatic rings. The van der Waals surface area contributed by atoms with Gasteiger partial charge < -0.3 is 10.4 Å². The minimum atomic E-state index is -0.388. The Morgan fingerprint density at radius 2 is 2.05 bits per heavy atom. The molecule has 0 unspecified atom stereocenters. The summed E-state index contributed by atoms with van der Waals surface area (Å²) in [7, 11) is 0. The lowest BCUT2D eigenvalue weighted by Gasteiger charge is -2.36. The van der Waals surface area contributed by atoms with Crippen LogP contribution in [0, 0.1) is 0 Å². The summed E-state index contributed by atoms with van der Waals surface area (Å²) in [6.07, 6.45) is 5.49. The van der Waals surface area contributed by atoms with Crippen LogP contribution in [0.4, 0.5) is 0 Å². The van der Waals surface area contributed by atoms with Crippen molar-refractivity contribution in [2.75, 3.05) is 6.61 Å². The number of rotatable bonds is 4. The molecule has 0 radical (unpaired) electrons. The molecule has 1 aliphatic rings. The fourth-order valence-electron chi connectivity index (χ4n) is 2.72. The van der Waals surface area contributed by atoms with Gasteiger partial charge in [0, 0.05) is 4.47 Å². The third-order valence-electron chi connectivity index (χ3n) is 3.77. The van der Waals surface area contributed by atoms with Crippen LogP contribution in [0.2, 0.25) is 0 Å². The largest absolute Gasteiger partial charge is 0.394 e. The first-order valence-electron chi connectivity index (χ1n) is 6.80. The smallest absolute Gasteiger partial charge is 0.224 e. The molecular weight excluding hydrogens is 306 g/mol. The van der Waals surface area contributed by atoms with E-state index in [4.69, 9.17) is 0 Å². The van der Waals surface area contributed by atoms with Crippen LogP contribution < -0.4 is 5.32 Å². The van der Waals surface area contributed by atoms with E-state index in [0.29, 0.717) is 6.42 Å². The standard InChI is InChI=1S/C15H20BrNO2/c16-13-6-4-5-12(9-13)10-14(19)17-15(11-18)7-2-1-3-8-15/h4-6,9,18H,1-3,7-8,10-11H2,(H,17,19). The second-order valence-corrected chi connectivity index (χ2v) is 6.27. The van der Waals surface area contributed by atoms with Gasteiger partial charge in [-0.25, -0.2) is 0 Å². The third-order valence-corrected chi connectivity index (χ3v) is 4.26. The Balaban J connectivity index is 1.96. The quantitative estimate of drug-likeness (QED) is 0.894. The first-order chi connectivity index (χ1) is 9.13. The fraction of sp³-hybridized carbons (Fsp3) is 0.533. The molecule has 19 heavy (non-hydrogen) atoms. The van der Waals surface area contributed by atoms with Crippen LogP contribution in [-0.2, 0) is 11.2 Å². The summed E-state index contributed by atoms with van der Waals surface area (Å²) in [6, 6.07) is 7.76. The van der Waals surface area contributed by atoms with Gasteiger partial charge in [0.05, 0.1) is 18.6 Å². The number of hydrogen-bond acceptors (Lipinski definition) is 2. The van der Waals surface area contributed by atoms with E-state index in [1.807, 2.05) is 24.3 Å². The molecule has 0 bridgehead atoms. The monoisotopic (exact) mass is 325 g/mol. The van der Waals surface area contributed by atoms with Crippen molar-refractivity contribution in [1.29, 1.82) is 0 Å². The second-order valence-electron chi connectivity index (χ2n) is 5.35. The molecule has 2 N–H and O–H groups in total. The van der Waals surface area contributed by atoms with E-state index in [-0.39, 0.29) is 18.1 Å². The Labute approximate surface area is 122 Å². The highest BCUT2D eigenvalue weighted by Crippen LogP contribution is 2.27. The molecule has 0 atom stereocenters. The highest BCUT2D eigenvalue weighted by molar-refractivity contribution is 9.10. The predicted molar refractivity (Wildman–Crippen MR) is 78.9 cm³/mol. The maximum atomic E-state index is 12.1. The van der Waals surface area contributed by atoms with Gasteiger partial charge in [0.15, 0.2) is 0 Å². The van der Waals surface area contributed by atoms with E-state index in [2.05, 4.69) is 21.2 Å². The highest BCUT2D eigenvalue weighted by Gasteiger charge is 2.32. The van der Waals surface area contributed by atoms with E-state index < -0.39 is 0 Å². The minimum Gasteiger partial charge on any atom is -0.394 e. The number of amides is 1. The van der Waals surface area contributed by atoms with Gasteiger partial charge in [-0.15, -0.1) is 0 Å². The summed E-state index contributed by atoms with van der Waals surface area (Å²) in [5.41, 5.74) is 0.595. The van der Waals surface area contributed by atoms with Crippen molar-refractivity contribution in [2.24, 2.45) is 0 Å². The lowest BCUT2D eigenvalue weighted by atomic mass is 9.82. The molecule has 104 valence electrons. The molecule has 0 heterocycles. The summed E-state index contributed by atoms with van der Waals surface area (Å²) in [4.78, 5) is 12.1. The Hall–Kier alpha value is -0.870. The molecule has 1 aromatic carbocycles. The van der Waals surface area contributed by atoms with Gasteiger partial charge in [0.2, 0.25) is 5.91 Å². The number of hydrogen-bond donors (Lipinski definition) is 2. The van der Waals surface area contributed by atoms with Gasteiger partial charge in [-0.1, -0.05) is 47.3 Å². The predicted octanol–water partition coefficient (Wildman–Crippen LogP) is 2.80. The molecule has 1 saturated carbocycles. The maximum absolute atomic E-state index is 12.1. The molecular formula is C15H20BrNO2. The van der Waals surface area contributed by atoms with Gasteiger partial charge in [-0.05, 0) is 30.5 Å². The summed E-state index contributed by atoms with van der Waals surface area (Å²) in [5.74, 6) is -0.00551. The van der Waals surface area contributed by atoms with Crippen molar-refractivity contribution in [2.45, 2.75) is 44.1 Å². The van der Waals surface area contributed by atoms with Crippen molar-refractivity contribution in [3.05, 3.63) is 34.3 Å². The number of aliphatic hydroxyl groups excluding tert-OH is 1. The number of benzene rings is 1. The van der Waals surface area contributed by atoms with Crippen molar-refractivity contribution in [3.63, 3.8) is 0 Å². The van der Waals surface area contributed by atoms with E-state index in [9.17, 15) is 9.90 Å². The van der Waals surface area contributed by atoms with Gasteiger partial charge in [0.1, 0.15) is 0 Å². The zero-order chi connectivity index (χ0) is 13.7. The highest BCUT2D eigenvalue weighted by atomic mass is 79.9. The van der Waals surface area contributed by atoms with Crippen LogP contribution in [0.1, 0.15) is 37.7 Å². The topological polar surface area (TPSA) is 49.3 Å². The van der Waals surface area contributed by atoms with E-state index in [0.717, 1.165) is 35.7 Å². The summed E-state index contributed by atoms with van der Waals surface area (Å²) in [5, 5.41) is 12.6. The molecule has 0 aromatic heterocycles. The first-order valence-corrected chi connectivity index (χ1v) is 7.59. The van der Waals surface area contributed by atoms with Crippen LogP contribution in [-0.4, -0.2) is 23.2 Å². The molecule has 4 heteroatoms. The number of carbonyl (C=O) groups is 1. The molecule has 0 saturated heterocycles. The fourth-order valence-corrected chi connectivity index (χ4v) is 3.17. The van der Waals surface area contributed by atoms with Gasteiger partial charge in [-0.3, -0.25) is 4.79 Å². The van der Waals surface area contributed by atoms with Gasteiger partial charge in [0.25, 0.3) is 0 Å². The SMILES string of the molecule is O=C(Cc1cccc(Br)c1)NC1(CO)CCCCC1. The zero-order valence-electron chi connectivity index (χ0n) is 11.0. The van der Waals surface area contributed by atoms with Crippen LogP contribution in [0.5, 0.6) is 0 Å². The zero-order valence-corrected chi connectivity index (χ0v) is 12.6. The second kappa shape index (κ2) is 6.53. The minimum absolute atomic E-state index is 0.00551. The van der Waals surface area contributed by atoms with Gasteiger partial charge in [-0.2, -0.15) is 0 Å². The van der Waals surface area contributed by atoms with Crippen LogP contribution in [0.3, 0.4) is 0 Å². The average molecular weight is 326 g/mol. The number of carbonyl (C=O) groups excluding carboxylic acids is 1. The van der Waals surface area contributed by atoms with Crippen molar-refractivity contribution < 1.29 is 9.90 Å². The molecule has 1 aliphatic carbocycles. The number of nitrogens with one attached hydrogen (secondary N) is 1. The molecule has 1 amide bonds. The van der Waals surface area contributed by atoms with Crippen molar-refractivity contribution in [3.8, 4) is 0 Å². The van der Waals surface area contributed by atoms with Gasteiger partial charge >= 0.3 is 0 Å². The Bertz CT molecular complexity index is 442. The maximum Gasteiger partial charge on any atom is 0.224 e. The van der Waals surface area contributed by atoms with Crippen LogP contribution >= 0.6 is 15.9 Å². The van der Waals surface area contributed by atoms with Crippen molar-refractivity contribution in [1.82, 2.24) is 5.32 Å². The van der Waals surface area contributed by atoms with E-state index >= 15 is 0 Å². The molecule has 2 rings (SSSR count). The van der Waals surface area contributed by atoms with Crippen LogP contribution in [0.25, 0.3) is 0 Å². The Morgan fingerprint density at radius 1 is 1.32 bits per heavy atom. The average Bonchev–Trinajstić information content (AvgIpc) is 2.39. The molecule has 3 nitrogen and oxygen atoms in total. The lowest BCUT2D eigenvalue weighted by Crippen LogP contribution is -2.52. The van der Waals surface area contributed by atoms with E-state index in [1.54, 1.807) is 0 Å². The number of aliphatic hydroxyl groups is 1. The Morgan fingerprint density at radius 3 is 2.68 bits per heavy atom. The molecule has 0 aliphatic heterocycles. The Kier molecular flexibility index (Phi) is 4.99. The summed E-state index contributed by atoms with van der Waals surface area (Å²) < 4.78 is 0.979. The lowest BCUT2D eigenvalue weighted by molar-refractivity contribution is -0.123. The first kappa shape index (κ1) is 14.5. The van der Waals surface area contributed by atoms with E-state index in [1.165, 1.54) is 6.42 Å². The third kappa shape index (κ3) is 4.05. The molecule has 1 fully saturated rings. The molecule has 0 spiro atoms. The normalized spacial score (nSPS) is 18.0. The number of halogens is 1. The summed E-state index contributed by atoms with van der Waals surface area (Å²) >= 11 is 3.40. The summed E-state index contributed by atoms with van der Waals surface area (Å²) in [6.45, 7) is 0.0389. The van der Waals surface area contributed by atoms with Crippen LogP contribution in [0.15, 0.2) is 28.7 Å².